The summed E-state index contributed by atoms with van der Waals surface area (Å²) in [6.07, 6.45) is 5.37. The Morgan fingerprint density at radius 1 is 1.29 bits per heavy atom. The number of nitrogens with zero attached hydrogens (tertiary/aromatic N) is 1. The molecule has 1 aromatic carbocycles. The average molecular weight is 300 g/mol. The summed E-state index contributed by atoms with van der Waals surface area (Å²) in [6, 6.07) is 6.58. The van der Waals surface area contributed by atoms with Crippen molar-refractivity contribution in [1.82, 2.24) is 0 Å². The molecular weight excluding hydrogens is 278 g/mol. The highest BCUT2D eigenvalue weighted by molar-refractivity contribution is 6.49. The standard InChI is InChI=1S/C19H22ClN/c1-13(2)16-10-11-21(12-14(16)3)18-9-5-7-15-6-4-8-17(20)19(15)18/h5,7-9H,1,4,6,10-12H2,2-3H3. The number of hydrogen-bond acceptors (Lipinski definition) is 1. The molecule has 2 aliphatic rings. The molecule has 1 aliphatic carbocycles. The Morgan fingerprint density at radius 3 is 2.81 bits per heavy atom. The number of anilines is 1. The Morgan fingerprint density at radius 2 is 2.10 bits per heavy atom. The Labute approximate surface area is 132 Å². The van der Waals surface area contributed by atoms with Gasteiger partial charge in [-0.05, 0) is 50.3 Å². The first-order valence-electron chi connectivity index (χ1n) is 7.65. The fraction of sp³-hybridized carbons (Fsp3) is 0.368. The van der Waals surface area contributed by atoms with E-state index >= 15 is 0 Å². The monoisotopic (exact) mass is 299 g/mol. The van der Waals surface area contributed by atoms with E-state index in [1.807, 2.05) is 0 Å². The number of rotatable bonds is 2. The summed E-state index contributed by atoms with van der Waals surface area (Å²) in [5.41, 5.74) is 8.00. The first-order chi connectivity index (χ1) is 10.1. The van der Waals surface area contributed by atoms with E-state index in [9.17, 15) is 0 Å². The lowest BCUT2D eigenvalue weighted by Gasteiger charge is -2.34. The van der Waals surface area contributed by atoms with Gasteiger partial charge in [-0.1, -0.05) is 47.5 Å². The van der Waals surface area contributed by atoms with Gasteiger partial charge < -0.3 is 4.90 Å². The van der Waals surface area contributed by atoms with Crippen LogP contribution in [0.25, 0.3) is 5.03 Å². The van der Waals surface area contributed by atoms with Crippen molar-refractivity contribution in [3.63, 3.8) is 0 Å². The zero-order valence-corrected chi connectivity index (χ0v) is 13.6. The van der Waals surface area contributed by atoms with Gasteiger partial charge in [-0.3, -0.25) is 0 Å². The first kappa shape index (κ1) is 14.5. The second kappa shape index (κ2) is 5.73. The van der Waals surface area contributed by atoms with Crippen molar-refractivity contribution in [3.05, 3.63) is 58.7 Å². The molecule has 1 nitrogen and oxygen atoms in total. The van der Waals surface area contributed by atoms with Crippen molar-refractivity contribution in [2.24, 2.45) is 0 Å². The van der Waals surface area contributed by atoms with Crippen LogP contribution in [0.2, 0.25) is 0 Å². The van der Waals surface area contributed by atoms with Crippen LogP contribution in [0.5, 0.6) is 0 Å². The van der Waals surface area contributed by atoms with Crippen LogP contribution in [-0.4, -0.2) is 13.1 Å². The largest absolute Gasteiger partial charge is 0.367 e. The van der Waals surface area contributed by atoms with E-state index in [1.165, 1.54) is 33.5 Å². The topological polar surface area (TPSA) is 3.24 Å². The van der Waals surface area contributed by atoms with Crippen molar-refractivity contribution >= 4 is 22.3 Å². The number of halogens is 1. The van der Waals surface area contributed by atoms with Gasteiger partial charge in [0.1, 0.15) is 0 Å². The Balaban J connectivity index is 1.98. The fourth-order valence-electron chi connectivity index (χ4n) is 3.49. The smallest absolute Gasteiger partial charge is 0.0462 e. The highest BCUT2D eigenvalue weighted by Gasteiger charge is 2.22. The minimum Gasteiger partial charge on any atom is -0.367 e. The first-order valence-corrected chi connectivity index (χ1v) is 8.03. The maximum Gasteiger partial charge on any atom is 0.0462 e. The maximum absolute atomic E-state index is 6.50. The molecule has 2 heteroatoms. The second-order valence-electron chi connectivity index (χ2n) is 6.11. The predicted molar refractivity (Wildman–Crippen MR) is 92.9 cm³/mol. The van der Waals surface area contributed by atoms with Crippen LogP contribution < -0.4 is 4.90 Å². The van der Waals surface area contributed by atoms with Crippen molar-refractivity contribution < 1.29 is 0 Å². The zero-order chi connectivity index (χ0) is 15.0. The number of allylic oxidation sites excluding steroid dienone is 2. The molecule has 110 valence electrons. The summed E-state index contributed by atoms with van der Waals surface area (Å²) < 4.78 is 0. The van der Waals surface area contributed by atoms with E-state index in [-0.39, 0.29) is 0 Å². The third-order valence-corrected chi connectivity index (χ3v) is 4.88. The van der Waals surface area contributed by atoms with Crippen molar-refractivity contribution in [2.45, 2.75) is 33.1 Å². The normalized spacial score (nSPS) is 18.4. The molecule has 0 N–H and O–H groups in total. The summed E-state index contributed by atoms with van der Waals surface area (Å²) in [7, 11) is 0. The molecule has 0 saturated carbocycles. The van der Waals surface area contributed by atoms with Crippen LogP contribution in [0.3, 0.4) is 0 Å². The summed E-state index contributed by atoms with van der Waals surface area (Å²) in [6.45, 7) is 10.5. The van der Waals surface area contributed by atoms with E-state index in [1.54, 1.807) is 0 Å². The molecule has 0 saturated heterocycles. The molecule has 3 rings (SSSR count). The highest BCUT2D eigenvalue weighted by Crippen LogP contribution is 2.38. The third-order valence-electron chi connectivity index (χ3n) is 4.54. The molecule has 0 aromatic heterocycles. The average Bonchev–Trinajstić information content (AvgIpc) is 2.46. The van der Waals surface area contributed by atoms with Gasteiger partial charge in [-0.25, -0.2) is 0 Å². The lowest BCUT2D eigenvalue weighted by atomic mass is 9.92. The minimum absolute atomic E-state index is 0.916. The summed E-state index contributed by atoms with van der Waals surface area (Å²) in [4.78, 5) is 2.46. The van der Waals surface area contributed by atoms with Gasteiger partial charge in [0, 0.05) is 29.4 Å². The molecule has 0 unspecified atom stereocenters. The van der Waals surface area contributed by atoms with Crippen LogP contribution >= 0.6 is 11.6 Å². The van der Waals surface area contributed by atoms with E-state index in [4.69, 9.17) is 11.6 Å². The lowest BCUT2D eigenvalue weighted by Crippen LogP contribution is -2.32. The summed E-state index contributed by atoms with van der Waals surface area (Å²) >= 11 is 6.50. The Bertz CT molecular complexity index is 652. The van der Waals surface area contributed by atoms with Gasteiger partial charge in [0.15, 0.2) is 0 Å². The van der Waals surface area contributed by atoms with Crippen LogP contribution in [0.15, 0.2) is 47.6 Å². The molecule has 0 amide bonds. The number of hydrogen-bond donors (Lipinski definition) is 0. The number of fused-ring (bicyclic) bond motifs is 1. The molecule has 0 atom stereocenters. The number of benzene rings is 1. The lowest BCUT2D eigenvalue weighted by molar-refractivity contribution is 0.760. The SMILES string of the molecule is C=C(C)C1=C(C)CN(c2cccc3c2C(Cl)=CCC3)CC1. The third kappa shape index (κ3) is 2.67. The van der Waals surface area contributed by atoms with E-state index in [2.05, 4.69) is 49.6 Å². The Hall–Kier alpha value is -1.47. The molecular formula is C19H22ClN. The predicted octanol–water partition coefficient (Wildman–Crippen LogP) is 5.32. The summed E-state index contributed by atoms with van der Waals surface area (Å²) in [5, 5.41) is 0.916. The van der Waals surface area contributed by atoms with Crippen LogP contribution in [0, 0.1) is 0 Å². The fourth-order valence-corrected chi connectivity index (χ4v) is 3.82. The van der Waals surface area contributed by atoms with Crippen molar-refractivity contribution in [2.75, 3.05) is 18.0 Å². The Kier molecular flexibility index (Phi) is 3.95. The van der Waals surface area contributed by atoms with E-state index < -0.39 is 0 Å². The van der Waals surface area contributed by atoms with Gasteiger partial charge in [-0.15, -0.1) is 0 Å². The molecule has 1 aliphatic heterocycles. The van der Waals surface area contributed by atoms with E-state index in [0.717, 1.165) is 37.4 Å². The highest BCUT2D eigenvalue weighted by atomic mass is 35.5. The molecule has 0 bridgehead atoms. The van der Waals surface area contributed by atoms with Crippen LogP contribution in [0.1, 0.15) is 37.8 Å². The van der Waals surface area contributed by atoms with Gasteiger partial charge in [0.2, 0.25) is 0 Å². The van der Waals surface area contributed by atoms with Crippen LogP contribution in [-0.2, 0) is 6.42 Å². The van der Waals surface area contributed by atoms with Gasteiger partial charge in [0.05, 0.1) is 0 Å². The molecule has 1 aromatic rings. The molecule has 0 fully saturated rings. The quantitative estimate of drug-likeness (QED) is 0.715. The zero-order valence-electron chi connectivity index (χ0n) is 12.9. The summed E-state index contributed by atoms with van der Waals surface area (Å²) in [5.74, 6) is 0. The molecule has 1 heterocycles. The van der Waals surface area contributed by atoms with E-state index in [0.29, 0.717) is 0 Å². The van der Waals surface area contributed by atoms with Crippen molar-refractivity contribution in [1.29, 1.82) is 0 Å². The number of aryl methyl sites for hydroxylation is 1. The van der Waals surface area contributed by atoms with Gasteiger partial charge in [0.25, 0.3) is 0 Å². The van der Waals surface area contributed by atoms with Crippen LogP contribution in [0.4, 0.5) is 5.69 Å². The van der Waals surface area contributed by atoms with Gasteiger partial charge >= 0.3 is 0 Å². The van der Waals surface area contributed by atoms with Gasteiger partial charge in [-0.2, -0.15) is 0 Å². The second-order valence-corrected chi connectivity index (χ2v) is 6.52. The minimum atomic E-state index is 0.916. The molecule has 0 radical (unpaired) electrons. The molecule has 0 spiro atoms. The maximum atomic E-state index is 6.50. The van der Waals surface area contributed by atoms with Crippen molar-refractivity contribution in [3.8, 4) is 0 Å². The molecule has 21 heavy (non-hydrogen) atoms.